The molecule has 1 aromatic rings. The van der Waals surface area contributed by atoms with Crippen LogP contribution in [0.3, 0.4) is 0 Å². The van der Waals surface area contributed by atoms with Crippen molar-refractivity contribution < 1.29 is 4.43 Å². The summed E-state index contributed by atoms with van der Waals surface area (Å²) in [7, 11) is -0.759. The summed E-state index contributed by atoms with van der Waals surface area (Å²) in [5.41, 5.74) is 0.844. The molecule has 0 aliphatic carbocycles. The largest absolute Gasteiger partial charge is 0.542 e. The van der Waals surface area contributed by atoms with E-state index in [1.807, 2.05) is 24.3 Å². The molecular weight excluding hydrogens is 223 g/mol. The monoisotopic (exact) mass is 233 g/mol. The molecule has 1 nitrogen and oxygen atoms in total. The smallest absolute Gasteiger partial charge is 0.274 e. The van der Waals surface area contributed by atoms with Gasteiger partial charge >= 0.3 is 0 Å². The molecule has 0 saturated heterocycles. The molecule has 71 valence electrons. The van der Waals surface area contributed by atoms with Crippen LogP contribution in [0.1, 0.15) is 10.4 Å². The van der Waals surface area contributed by atoms with Gasteiger partial charge in [0.05, 0.1) is 0 Å². The molecule has 0 aliphatic rings. The van der Waals surface area contributed by atoms with Crippen LogP contribution in [0.15, 0.2) is 24.3 Å². The highest BCUT2D eigenvalue weighted by atomic mass is 35.5. The highest BCUT2D eigenvalue weighted by Gasteiger charge is 2.11. The summed E-state index contributed by atoms with van der Waals surface area (Å²) in [6.45, 7) is 4.14. The summed E-state index contributed by atoms with van der Waals surface area (Å²) in [5.74, 6) is 0.802. The van der Waals surface area contributed by atoms with E-state index in [0.717, 1.165) is 11.3 Å². The molecule has 1 aromatic carbocycles. The summed E-state index contributed by atoms with van der Waals surface area (Å²) in [4.78, 5) is -0.516. The molecule has 0 atom stereocenters. The van der Waals surface area contributed by atoms with Crippen LogP contribution in [0.4, 0.5) is 0 Å². The van der Waals surface area contributed by atoms with Crippen LogP contribution in [0, 0.1) is 0 Å². The highest BCUT2D eigenvalue weighted by Crippen LogP contribution is 2.32. The van der Waals surface area contributed by atoms with Crippen molar-refractivity contribution in [3.8, 4) is 5.75 Å². The molecule has 0 fully saturated rings. The third kappa shape index (κ3) is 3.22. The maximum Gasteiger partial charge on any atom is 0.274 e. The lowest BCUT2D eigenvalue weighted by atomic mass is 10.2. The first kappa shape index (κ1) is 10.9. The second-order valence-corrected chi connectivity index (χ2v) is 5.97. The van der Waals surface area contributed by atoms with Crippen molar-refractivity contribution in [2.75, 3.05) is 0 Å². The van der Waals surface area contributed by atoms with Crippen LogP contribution < -0.4 is 4.43 Å². The van der Waals surface area contributed by atoms with Crippen LogP contribution in [0.25, 0.3) is 0 Å². The van der Waals surface area contributed by atoms with Crippen LogP contribution in [0.5, 0.6) is 5.75 Å². The molecule has 0 bridgehead atoms. The lowest BCUT2D eigenvalue weighted by Crippen LogP contribution is -2.12. The lowest BCUT2D eigenvalue weighted by molar-refractivity contribution is 0.574. The fourth-order valence-corrected chi connectivity index (χ4v) is 1.96. The molecule has 0 saturated carbocycles. The first-order valence-corrected chi connectivity index (χ1v) is 7.24. The summed E-state index contributed by atoms with van der Waals surface area (Å²) in [6.07, 6.45) is 0. The van der Waals surface area contributed by atoms with Gasteiger partial charge in [-0.3, -0.25) is 0 Å². The van der Waals surface area contributed by atoms with Crippen molar-refractivity contribution in [2.45, 2.75) is 17.9 Å². The van der Waals surface area contributed by atoms with Gasteiger partial charge < -0.3 is 4.43 Å². The highest BCUT2D eigenvalue weighted by molar-refractivity contribution is 6.49. The Hall–Kier alpha value is -0.183. The first-order valence-electron chi connectivity index (χ1n) is 3.96. The number of halogens is 2. The zero-order valence-corrected chi connectivity index (χ0v) is 10.1. The van der Waals surface area contributed by atoms with E-state index < -0.39 is 13.9 Å². The molecule has 0 amide bonds. The van der Waals surface area contributed by atoms with E-state index in [1.165, 1.54) is 0 Å². The van der Waals surface area contributed by atoms with Crippen molar-refractivity contribution in [1.82, 2.24) is 0 Å². The van der Waals surface area contributed by atoms with Crippen LogP contribution in [-0.2, 0) is 0 Å². The van der Waals surface area contributed by atoms with Gasteiger partial charge in [0.2, 0.25) is 0 Å². The molecule has 13 heavy (non-hydrogen) atoms. The van der Waals surface area contributed by atoms with Gasteiger partial charge in [-0.25, -0.2) is 0 Å². The Labute approximate surface area is 90.3 Å². The number of para-hydroxylation sites is 1. The van der Waals surface area contributed by atoms with Gasteiger partial charge in [0.15, 0.2) is 0 Å². The van der Waals surface area contributed by atoms with Crippen molar-refractivity contribution >= 4 is 32.2 Å². The SMILES string of the molecule is C[Si](C)Oc1ccccc1C(Cl)Cl. The van der Waals surface area contributed by atoms with Gasteiger partial charge in [-0.15, -0.1) is 0 Å². The fraction of sp³-hybridized carbons (Fsp3) is 0.333. The molecule has 1 rings (SSSR count). The van der Waals surface area contributed by atoms with Crippen LogP contribution in [-0.4, -0.2) is 9.04 Å². The van der Waals surface area contributed by atoms with Gasteiger partial charge in [-0.05, 0) is 19.2 Å². The third-order valence-corrected chi connectivity index (χ3v) is 2.57. The van der Waals surface area contributed by atoms with E-state index in [2.05, 4.69) is 13.1 Å². The molecule has 0 heterocycles. The number of hydrogen-bond acceptors (Lipinski definition) is 1. The number of hydrogen-bond donors (Lipinski definition) is 0. The average Bonchev–Trinajstić information content (AvgIpc) is 2.03. The molecule has 1 radical (unpaired) electrons. The number of rotatable bonds is 3. The molecule has 4 heteroatoms. The van der Waals surface area contributed by atoms with Crippen molar-refractivity contribution in [3.05, 3.63) is 29.8 Å². The van der Waals surface area contributed by atoms with Crippen LogP contribution >= 0.6 is 23.2 Å². The van der Waals surface area contributed by atoms with Crippen LogP contribution in [0.2, 0.25) is 13.1 Å². The lowest BCUT2D eigenvalue weighted by Gasteiger charge is -2.13. The quantitative estimate of drug-likeness (QED) is 0.571. The maximum atomic E-state index is 5.79. The molecule has 0 aliphatic heterocycles. The Bertz CT molecular complexity index is 276. The predicted molar refractivity (Wildman–Crippen MR) is 59.0 cm³/mol. The van der Waals surface area contributed by atoms with Crippen molar-refractivity contribution in [3.63, 3.8) is 0 Å². The van der Waals surface area contributed by atoms with Crippen molar-refractivity contribution in [2.24, 2.45) is 0 Å². The zero-order chi connectivity index (χ0) is 9.84. The molecule has 0 aromatic heterocycles. The second-order valence-electron chi connectivity index (χ2n) is 2.85. The second kappa shape index (κ2) is 4.89. The molecular formula is C9H11Cl2OSi. The standard InChI is InChI=1S/C9H11Cl2OSi/c1-13(2)12-8-6-4-3-5-7(8)9(10)11/h3-6,9H,1-2H3. The molecule has 0 spiro atoms. The van der Waals surface area contributed by atoms with Gasteiger partial charge in [-0.1, -0.05) is 41.4 Å². The maximum absolute atomic E-state index is 5.79. The van der Waals surface area contributed by atoms with E-state index in [9.17, 15) is 0 Å². The summed E-state index contributed by atoms with van der Waals surface area (Å²) in [5, 5.41) is 0. The van der Waals surface area contributed by atoms with Gasteiger partial charge in [-0.2, -0.15) is 0 Å². The summed E-state index contributed by atoms with van der Waals surface area (Å²) < 4.78 is 5.64. The van der Waals surface area contributed by atoms with E-state index in [4.69, 9.17) is 27.6 Å². The fourth-order valence-electron chi connectivity index (χ4n) is 0.974. The predicted octanol–water partition coefficient (Wildman–Crippen LogP) is 3.79. The minimum Gasteiger partial charge on any atom is -0.542 e. The Morgan fingerprint density at radius 3 is 2.38 bits per heavy atom. The van der Waals surface area contributed by atoms with Gasteiger partial charge in [0.1, 0.15) is 10.6 Å². The van der Waals surface area contributed by atoms with Gasteiger partial charge in [0.25, 0.3) is 9.04 Å². The summed E-state index contributed by atoms with van der Waals surface area (Å²) in [6, 6.07) is 7.59. The van der Waals surface area contributed by atoms with Crippen molar-refractivity contribution in [1.29, 1.82) is 0 Å². The minimum atomic E-state index is -0.759. The van der Waals surface area contributed by atoms with E-state index in [-0.39, 0.29) is 0 Å². The third-order valence-electron chi connectivity index (χ3n) is 1.47. The number of benzene rings is 1. The Balaban J connectivity index is 2.91. The van der Waals surface area contributed by atoms with E-state index >= 15 is 0 Å². The average molecular weight is 234 g/mol. The molecule has 0 unspecified atom stereocenters. The van der Waals surface area contributed by atoms with E-state index in [0.29, 0.717) is 0 Å². The summed E-state index contributed by atoms with van der Waals surface area (Å²) >= 11 is 11.6. The normalized spacial score (nSPS) is 10.9. The molecule has 0 N–H and O–H groups in total. The minimum absolute atomic E-state index is 0.516. The Morgan fingerprint density at radius 1 is 1.23 bits per heavy atom. The Kier molecular flexibility index (Phi) is 4.10. The topological polar surface area (TPSA) is 9.23 Å². The first-order chi connectivity index (χ1) is 6.11. The zero-order valence-electron chi connectivity index (χ0n) is 7.55. The Morgan fingerprint density at radius 2 is 1.85 bits per heavy atom. The number of alkyl halides is 2. The van der Waals surface area contributed by atoms with Gasteiger partial charge in [0, 0.05) is 5.56 Å². The van der Waals surface area contributed by atoms with E-state index in [1.54, 1.807) is 0 Å².